The van der Waals surface area contributed by atoms with Crippen molar-refractivity contribution >= 4 is 0 Å². The fourth-order valence-electron chi connectivity index (χ4n) is 11.0. The standard InChI is InChI=1S/C30H50O3/c1-18-11-13-26(4)15-16-28(6)19(23(26)30(18,8)33)9-10-22-27(5)17-20(31)24(32)25(2,3)21(27)12-14-29(22,28)7/h9,18,20-24,31-33H,10-17H2,1-8H3/t18-,20-,21?,22?,23?,24-,26-,27+,28-,29-,30-/m1/s1. The molecule has 0 heterocycles. The predicted molar refractivity (Wildman–Crippen MR) is 133 cm³/mol. The van der Waals surface area contributed by atoms with Gasteiger partial charge in [-0.3, -0.25) is 0 Å². The van der Waals surface area contributed by atoms with Crippen LogP contribution in [0.5, 0.6) is 0 Å². The van der Waals surface area contributed by atoms with Gasteiger partial charge in [0.05, 0.1) is 17.8 Å². The van der Waals surface area contributed by atoms with Crippen molar-refractivity contribution in [2.45, 2.75) is 125 Å². The highest BCUT2D eigenvalue weighted by Crippen LogP contribution is 2.75. The van der Waals surface area contributed by atoms with Gasteiger partial charge >= 0.3 is 0 Å². The average molecular weight is 459 g/mol. The highest BCUT2D eigenvalue weighted by molar-refractivity contribution is 5.35. The van der Waals surface area contributed by atoms with E-state index in [9.17, 15) is 15.3 Å². The molecule has 0 amide bonds. The Balaban J connectivity index is 1.62. The van der Waals surface area contributed by atoms with Crippen molar-refractivity contribution in [3.63, 3.8) is 0 Å². The van der Waals surface area contributed by atoms with Gasteiger partial charge in [-0.15, -0.1) is 0 Å². The first-order valence-electron chi connectivity index (χ1n) is 13.8. The van der Waals surface area contributed by atoms with Crippen LogP contribution in [-0.4, -0.2) is 33.1 Å². The van der Waals surface area contributed by atoms with Gasteiger partial charge in [0.15, 0.2) is 0 Å². The van der Waals surface area contributed by atoms with Gasteiger partial charge in [0, 0.05) is 5.92 Å². The van der Waals surface area contributed by atoms with E-state index in [1.165, 1.54) is 25.7 Å². The Kier molecular flexibility index (Phi) is 5.07. The average Bonchev–Trinajstić information content (AvgIpc) is 2.70. The van der Waals surface area contributed by atoms with E-state index < -0.39 is 17.8 Å². The molecule has 5 aliphatic carbocycles. The smallest absolute Gasteiger partial charge is 0.0852 e. The molecule has 3 unspecified atom stereocenters. The number of rotatable bonds is 0. The van der Waals surface area contributed by atoms with Crippen LogP contribution in [0.4, 0.5) is 0 Å². The lowest BCUT2D eigenvalue weighted by Crippen LogP contribution is -2.67. The van der Waals surface area contributed by atoms with Crippen LogP contribution in [-0.2, 0) is 0 Å². The summed E-state index contributed by atoms with van der Waals surface area (Å²) < 4.78 is 0. The molecule has 0 aromatic rings. The molecule has 5 rings (SSSR count). The minimum Gasteiger partial charge on any atom is -0.390 e. The predicted octanol–water partition coefficient (Wildman–Crippen LogP) is 6.11. The molecule has 3 nitrogen and oxygen atoms in total. The van der Waals surface area contributed by atoms with Crippen LogP contribution in [0.2, 0.25) is 0 Å². The monoisotopic (exact) mass is 458 g/mol. The lowest BCUT2D eigenvalue weighted by molar-refractivity contribution is -0.235. The van der Waals surface area contributed by atoms with E-state index in [1.807, 2.05) is 0 Å². The molecule has 0 aromatic heterocycles. The Morgan fingerprint density at radius 3 is 2.18 bits per heavy atom. The van der Waals surface area contributed by atoms with Crippen LogP contribution in [0.3, 0.4) is 0 Å². The van der Waals surface area contributed by atoms with Crippen molar-refractivity contribution in [1.29, 1.82) is 0 Å². The highest BCUT2D eigenvalue weighted by atomic mass is 16.3. The van der Waals surface area contributed by atoms with Crippen LogP contribution >= 0.6 is 0 Å². The summed E-state index contributed by atoms with van der Waals surface area (Å²) in [5.74, 6) is 1.49. The normalized spacial score (nSPS) is 60.0. The summed E-state index contributed by atoms with van der Waals surface area (Å²) >= 11 is 0. The minimum atomic E-state index is -0.655. The van der Waals surface area contributed by atoms with Gasteiger partial charge < -0.3 is 15.3 Å². The Hall–Kier alpha value is -0.380. The highest BCUT2D eigenvalue weighted by Gasteiger charge is 2.70. The third-order valence-electron chi connectivity index (χ3n) is 13.4. The zero-order valence-electron chi connectivity index (χ0n) is 22.5. The molecular weight excluding hydrogens is 408 g/mol. The Morgan fingerprint density at radius 1 is 0.848 bits per heavy atom. The second-order valence-corrected chi connectivity index (χ2v) is 15.1. The first-order chi connectivity index (χ1) is 15.1. The molecule has 0 aliphatic heterocycles. The topological polar surface area (TPSA) is 60.7 Å². The molecule has 0 spiro atoms. The van der Waals surface area contributed by atoms with Crippen LogP contribution < -0.4 is 0 Å². The molecule has 33 heavy (non-hydrogen) atoms. The second-order valence-electron chi connectivity index (χ2n) is 15.1. The van der Waals surface area contributed by atoms with Gasteiger partial charge in [0.25, 0.3) is 0 Å². The van der Waals surface area contributed by atoms with Crippen molar-refractivity contribution < 1.29 is 15.3 Å². The van der Waals surface area contributed by atoms with Crippen molar-refractivity contribution in [3.05, 3.63) is 11.6 Å². The molecule has 188 valence electrons. The third kappa shape index (κ3) is 2.80. The Morgan fingerprint density at radius 2 is 1.52 bits per heavy atom. The van der Waals surface area contributed by atoms with E-state index in [0.717, 1.165) is 19.3 Å². The van der Waals surface area contributed by atoms with Crippen LogP contribution in [0, 0.1) is 50.7 Å². The maximum absolute atomic E-state index is 11.9. The summed E-state index contributed by atoms with van der Waals surface area (Å²) in [7, 11) is 0. The van der Waals surface area contributed by atoms with E-state index in [0.29, 0.717) is 24.2 Å². The summed E-state index contributed by atoms with van der Waals surface area (Å²) in [5, 5.41) is 33.8. The number of aliphatic hydroxyl groups excluding tert-OH is 2. The van der Waals surface area contributed by atoms with Gasteiger partial charge in [-0.2, -0.15) is 0 Å². The summed E-state index contributed by atoms with van der Waals surface area (Å²) in [6, 6.07) is 0. The molecule has 0 radical (unpaired) electrons. The Labute approximate surface area is 202 Å². The van der Waals surface area contributed by atoms with E-state index in [4.69, 9.17) is 0 Å². The van der Waals surface area contributed by atoms with Crippen molar-refractivity contribution in [1.82, 2.24) is 0 Å². The van der Waals surface area contributed by atoms with Gasteiger partial charge in [-0.05, 0) is 103 Å². The van der Waals surface area contributed by atoms with Crippen LogP contribution in [0.1, 0.15) is 107 Å². The zero-order chi connectivity index (χ0) is 24.4. The fourth-order valence-corrected chi connectivity index (χ4v) is 11.0. The maximum atomic E-state index is 11.9. The summed E-state index contributed by atoms with van der Waals surface area (Å²) in [4.78, 5) is 0. The lowest BCUT2D eigenvalue weighted by atomic mass is 9.33. The van der Waals surface area contributed by atoms with Gasteiger partial charge in [-0.1, -0.05) is 60.1 Å². The largest absolute Gasteiger partial charge is 0.390 e. The third-order valence-corrected chi connectivity index (χ3v) is 13.4. The first kappa shape index (κ1) is 24.3. The molecule has 3 N–H and O–H groups in total. The molecule has 5 aliphatic rings. The zero-order valence-corrected chi connectivity index (χ0v) is 22.5. The molecule has 11 atom stereocenters. The van der Waals surface area contributed by atoms with Crippen molar-refractivity contribution in [2.75, 3.05) is 0 Å². The number of fused-ring (bicyclic) bond motifs is 7. The van der Waals surface area contributed by atoms with E-state index >= 15 is 0 Å². The molecular formula is C30H50O3. The van der Waals surface area contributed by atoms with E-state index in [-0.39, 0.29) is 33.0 Å². The van der Waals surface area contributed by atoms with Gasteiger partial charge in [0.1, 0.15) is 0 Å². The minimum absolute atomic E-state index is 0.0172. The number of allylic oxidation sites excluding steroid dienone is 1. The molecule has 0 saturated heterocycles. The molecule has 4 fully saturated rings. The quantitative estimate of drug-likeness (QED) is 0.384. The number of aliphatic hydroxyl groups is 3. The molecule has 4 saturated carbocycles. The summed E-state index contributed by atoms with van der Waals surface area (Å²) in [6.45, 7) is 18.7. The van der Waals surface area contributed by atoms with Crippen LogP contribution in [0.25, 0.3) is 0 Å². The SMILES string of the molecule is C[C@@H]1CC[C@]2(C)CC[C@]3(C)C(=CCC4[C@@]5(C)C[C@@H](O)[C@@H](O)C(C)(C)C5CC[C@]43C)C2[C@]1(C)O. The number of hydrogen-bond acceptors (Lipinski definition) is 3. The second kappa shape index (κ2) is 6.88. The molecule has 0 aromatic carbocycles. The van der Waals surface area contributed by atoms with Gasteiger partial charge in [0.2, 0.25) is 0 Å². The van der Waals surface area contributed by atoms with Crippen molar-refractivity contribution in [2.24, 2.45) is 50.7 Å². The van der Waals surface area contributed by atoms with E-state index in [1.54, 1.807) is 5.57 Å². The Bertz CT molecular complexity index is 854. The van der Waals surface area contributed by atoms with Crippen LogP contribution in [0.15, 0.2) is 11.6 Å². The summed E-state index contributed by atoms with van der Waals surface area (Å²) in [5.41, 5.74) is 1.08. The lowest BCUT2D eigenvalue weighted by Gasteiger charge is -2.72. The maximum Gasteiger partial charge on any atom is 0.0852 e. The van der Waals surface area contributed by atoms with Gasteiger partial charge in [-0.25, -0.2) is 0 Å². The molecule has 0 bridgehead atoms. The molecule has 3 heteroatoms. The summed E-state index contributed by atoms with van der Waals surface area (Å²) in [6.07, 6.45) is 10.1. The number of hydrogen-bond donors (Lipinski definition) is 3. The van der Waals surface area contributed by atoms with E-state index in [2.05, 4.69) is 61.5 Å². The fraction of sp³-hybridized carbons (Fsp3) is 0.933. The first-order valence-corrected chi connectivity index (χ1v) is 13.8. The van der Waals surface area contributed by atoms with Crippen molar-refractivity contribution in [3.8, 4) is 0 Å².